The molecule has 7 heteroatoms. The molecule has 2 N–H and O–H groups in total. The van der Waals surface area contributed by atoms with Gasteiger partial charge < -0.3 is 15.2 Å². The molecule has 0 fully saturated rings. The van der Waals surface area contributed by atoms with E-state index < -0.39 is 5.91 Å². The Hall–Kier alpha value is -5.04. The summed E-state index contributed by atoms with van der Waals surface area (Å²) in [5.74, 6) is -0.183. The van der Waals surface area contributed by atoms with E-state index in [4.69, 9.17) is 4.52 Å². The molecule has 0 aliphatic carbocycles. The van der Waals surface area contributed by atoms with E-state index in [1.807, 2.05) is 78.9 Å². The van der Waals surface area contributed by atoms with Crippen LogP contribution in [0.4, 0.5) is 0 Å². The normalized spacial score (nSPS) is 10.8. The summed E-state index contributed by atoms with van der Waals surface area (Å²) in [4.78, 5) is 29.4. The lowest BCUT2D eigenvalue weighted by Gasteiger charge is -2.18. The van der Waals surface area contributed by atoms with Crippen molar-refractivity contribution in [2.24, 2.45) is 0 Å². The number of aromatic nitrogens is 2. The number of nitrogens with zero attached hydrogens (tertiary/aromatic N) is 2. The number of hydrogen-bond acceptors (Lipinski definition) is 5. The molecule has 7 nitrogen and oxygen atoms in total. The van der Waals surface area contributed by atoms with Gasteiger partial charge in [-0.15, -0.1) is 0 Å². The Bertz CT molecular complexity index is 1480. The van der Waals surface area contributed by atoms with Gasteiger partial charge in [0.2, 0.25) is 0 Å². The van der Waals surface area contributed by atoms with E-state index in [1.165, 1.54) is 11.1 Å². The van der Waals surface area contributed by atoms with Gasteiger partial charge in [0.05, 0.1) is 0 Å². The molecule has 1 heterocycles. The fraction of sp³-hybridized carbons (Fsp3) is 0.152. The van der Waals surface area contributed by atoms with Crippen LogP contribution in [0.1, 0.15) is 50.3 Å². The van der Waals surface area contributed by atoms with E-state index in [9.17, 15) is 9.59 Å². The number of rotatable bonds is 11. The van der Waals surface area contributed by atoms with Crippen LogP contribution in [0.15, 0.2) is 120 Å². The maximum atomic E-state index is 12.6. The second-order valence-electron chi connectivity index (χ2n) is 9.38. The summed E-state index contributed by atoms with van der Waals surface area (Å²) < 4.78 is 5.16. The first kappa shape index (κ1) is 26.6. The number of nitrogens with one attached hydrogen (secondary N) is 2. The summed E-state index contributed by atoms with van der Waals surface area (Å²) in [6, 6.07) is 37.9. The van der Waals surface area contributed by atoms with Crippen LogP contribution in [-0.2, 0) is 6.42 Å². The van der Waals surface area contributed by atoms with Crippen LogP contribution in [-0.4, -0.2) is 35.0 Å². The standard InChI is InChI=1S/C33H30N4O3/c38-31(28-18-16-25(17-19-28)24-10-4-1-5-11-24)34-23-21-30-36-33(40-37-30)32(39)35-22-20-29(26-12-6-2-7-13-26)27-14-8-3-9-15-27/h1-19,29H,20-23H2,(H,34,38)(H,35,39). The third-order valence-electron chi connectivity index (χ3n) is 6.67. The molecule has 5 aromatic rings. The minimum absolute atomic E-state index is 0.0891. The molecule has 0 unspecified atom stereocenters. The van der Waals surface area contributed by atoms with E-state index in [-0.39, 0.29) is 17.7 Å². The maximum absolute atomic E-state index is 12.6. The second-order valence-corrected chi connectivity index (χ2v) is 9.38. The van der Waals surface area contributed by atoms with Crippen LogP contribution >= 0.6 is 0 Å². The van der Waals surface area contributed by atoms with Gasteiger partial charge in [0.15, 0.2) is 5.82 Å². The Morgan fingerprint density at radius 3 is 1.82 bits per heavy atom. The van der Waals surface area contributed by atoms with E-state index in [2.05, 4.69) is 45.0 Å². The van der Waals surface area contributed by atoms with Crippen LogP contribution in [0.2, 0.25) is 0 Å². The zero-order valence-electron chi connectivity index (χ0n) is 22.0. The zero-order chi connectivity index (χ0) is 27.6. The van der Waals surface area contributed by atoms with Gasteiger partial charge in [0, 0.05) is 31.0 Å². The molecule has 0 saturated heterocycles. The second kappa shape index (κ2) is 13.2. The van der Waals surface area contributed by atoms with Crippen molar-refractivity contribution in [3.63, 3.8) is 0 Å². The predicted molar refractivity (Wildman–Crippen MR) is 154 cm³/mol. The van der Waals surface area contributed by atoms with Crippen molar-refractivity contribution < 1.29 is 14.1 Å². The molecule has 5 rings (SSSR count). The molecule has 4 aromatic carbocycles. The Labute approximate surface area is 233 Å². The first-order chi connectivity index (χ1) is 19.7. The van der Waals surface area contributed by atoms with Crippen molar-refractivity contribution in [1.82, 2.24) is 20.8 Å². The Kier molecular flexibility index (Phi) is 8.73. The zero-order valence-corrected chi connectivity index (χ0v) is 22.0. The Balaban J connectivity index is 1.09. The lowest BCUT2D eigenvalue weighted by Crippen LogP contribution is -2.27. The SMILES string of the molecule is O=C(NCCc1noc(C(=O)NCCC(c2ccccc2)c2ccccc2)n1)c1ccc(-c2ccccc2)cc1. The average molecular weight is 531 g/mol. The maximum Gasteiger partial charge on any atom is 0.315 e. The summed E-state index contributed by atoms with van der Waals surface area (Å²) in [7, 11) is 0. The van der Waals surface area contributed by atoms with Gasteiger partial charge >= 0.3 is 11.8 Å². The van der Waals surface area contributed by atoms with Crippen molar-refractivity contribution in [3.8, 4) is 11.1 Å². The third kappa shape index (κ3) is 6.88. The highest BCUT2D eigenvalue weighted by molar-refractivity contribution is 5.94. The van der Waals surface area contributed by atoms with E-state index in [0.717, 1.165) is 17.5 Å². The van der Waals surface area contributed by atoms with Gasteiger partial charge in [-0.25, -0.2) is 0 Å². The van der Waals surface area contributed by atoms with Gasteiger partial charge in [-0.1, -0.05) is 108 Å². The fourth-order valence-corrected chi connectivity index (χ4v) is 4.58. The molecule has 0 bridgehead atoms. The predicted octanol–water partition coefficient (Wildman–Crippen LogP) is 5.66. The average Bonchev–Trinajstić information content (AvgIpc) is 3.50. The molecule has 0 saturated carbocycles. The molecule has 40 heavy (non-hydrogen) atoms. The molecule has 2 amide bonds. The monoisotopic (exact) mass is 530 g/mol. The van der Waals surface area contributed by atoms with Crippen LogP contribution in [0.3, 0.4) is 0 Å². The summed E-state index contributed by atoms with van der Waals surface area (Å²) in [5, 5.41) is 9.64. The van der Waals surface area contributed by atoms with Crippen molar-refractivity contribution >= 4 is 11.8 Å². The van der Waals surface area contributed by atoms with Crippen molar-refractivity contribution in [1.29, 1.82) is 0 Å². The molecule has 0 radical (unpaired) electrons. The lowest BCUT2D eigenvalue weighted by atomic mass is 9.88. The highest BCUT2D eigenvalue weighted by atomic mass is 16.5. The van der Waals surface area contributed by atoms with Crippen LogP contribution in [0, 0.1) is 0 Å². The Morgan fingerprint density at radius 1 is 0.650 bits per heavy atom. The number of carbonyl (C=O) groups is 2. The van der Waals surface area contributed by atoms with E-state index >= 15 is 0 Å². The summed E-state index contributed by atoms with van der Waals surface area (Å²) in [6.07, 6.45) is 1.06. The highest BCUT2D eigenvalue weighted by Crippen LogP contribution is 2.27. The molecule has 200 valence electrons. The fourth-order valence-electron chi connectivity index (χ4n) is 4.58. The minimum atomic E-state index is -0.416. The van der Waals surface area contributed by atoms with Crippen LogP contribution in [0.5, 0.6) is 0 Å². The topological polar surface area (TPSA) is 97.1 Å². The number of amides is 2. The van der Waals surface area contributed by atoms with E-state index in [1.54, 1.807) is 12.1 Å². The summed E-state index contributed by atoms with van der Waals surface area (Å²) in [5.41, 5.74) is 5.09. The minimum Gasteiger partial charge on any atom is -0.352 e. The summed E-state index contributed by atoms with van der Waals surface area (Å²) >= 11 is 0. The van der Waals surface area contributed by atoms with Crippen molar-refractivity contribution in [2.75, 3.05) is 13.1 Å². The largest absolute Gasteiger partial charge is 0.352 e. The number of carbonyl (C=O) groups excluding carboxylic acids is 2. The van der Waals surface area contributed by atoms with Gasteiger partial charge in [0.25, 0.3) is 5.91 Å². The van der Waals surface area contributed by atoms with Crippen LogP contribution in [0.25, 0.3) is 11.1 Å². The van der Waals surface area contributed by atoms with E-state index in [0.29, 0.717) is 30.9 Å². The molecule has 0 aliphatic heterocycles. The Morgan fingerprint density at radius 2 is 1.20 bits per heavy atom. The highest BCUT2D eigenvalue weighted by Gasteiger charge is 2.18. The lowest BCUT2D eigenvalue weighted by molar-refractivity contribution is 0.0908. The van der Waals surface area contributed by atoms with Gasteiger partial charge in [-0.2, -0.15) is 4.98 Å². The van der Waals surface area contributed by atoms with Crippen molar-refractivity contribution in [2.45, 2.75) is 18.8 Å². The van der Waals surface area contributed by atoms with Gasteiger partial charge in [0.1, 0.15) is 0 Å². The molecule has 0 spiro atoms. The third-order valence-corrected chi connectivity index (χ3v) is 6.67. The van der Waals surface area contributed by atoms with Crippen molar-refractivity contribution in [3.05, 3.63) is 144 Å². The van der Waals surface area contributed by atoms with Crippen LogP contribution < -0.4 is 10.6 Å². The molecule has 0 aliphatic rings. The number of hydrogen-bond donors (Lipinski definition) is 2. The van der Waals surface area contributed by atoms with Gasteiger partial charge in [-0.05, 0) is 40.8 Å². The van der Waals surface area contributed by atoms with Gasteiger partial charge in [-0.3, -0.25) is 9.59 Å². The molecule has 1 aromatic heterocycles. The number of benzene rings is 4. The molecular formula is C33H30N4O3. The first-order valence-electron chi connectivity index (χ1n) is 13.3. The first-order valence-corrected chi connectivity index (χ1v) is 13.3. The summed E-state index contributed by atoms with van der Waals surface area (Å²) in [6.45, 7) is 0.764. The quantitative estimate of drug-likeness (QED) is 0.230. The smallest absolute Gasteiger partial charge is 0.315 e. The molecular weight excluding hydrogens is 500 g/mol. The molecule has 0 atom stereocenters.